The molecule has 0 spiro atoms. The lowest BCUT2D eigenvalue weighted by Gasteiger charge is -2.42. The first-order valence-electron chi connectivity index (χ1n) is 7.62. The van der Waals surface area contributed by atoms with Crippen LogP contribution in [-0.4, -0.2) is 42.4 Å². The van der Waals surface area contributed by atoms with Gasteiger partial charge in [0.15, 0.2) is 6.67 Å². The zero-order chi connectivity index (χ0) is 19.3. The molecule has 0 aromatic heterocycles. The van der Waals surface area contributed by atoms with Gasteiger partial charge in [-0.2, -0.15) is 0 Å². The maximum Gasteiger partial charge on any atom is 0.301 e. The first-order valence-corrected chi connectivity index (χ1v) is 7.62. The highest BCUT2D eigenvalue weighted by Crippen LogP contribution is 2.50. The summed E-state index contributed by atoms with van der Waals surface area (Å²) in [6, 6.07) is 2.28. The monoisotopic (exact) mass is 377 g/mol. The summed E-state index contributed by atoms with van der Waals surface area (Å²) in [4.78, 5) is 14.2. The number of hydrogen-bond donors (Lipinski definition) is 1. The molecule has 3 rings (SSSR count). The Kier molecular flexibility index (Phi) is 4.29. The minimum atomic E-state index is -3.87. The minimum Gasteiger partial charge on any atom is -0.459 e. The van der Waals surface area contributed by atoms with Crippen LogP contribution in [0.1, 0.15) is 12.5 Å². The third-order valence-electron chi connectivity index (χ3n) is 4.73. The number of nitrogens with two attached hydrogens (primary N) is 1. The Labute approximate surface area is 144 Å². The van der Waals surface area contributed by atoms with E-state index in [2.05, 4.69) is 4.99 Å². The summed E-state index contributed by atoms with van der Waals surface area (Å²) < 4.78 is 65.7. The van der Waals surface area contributed by atoms with Gasteiger partial charge in [0.1, 0.15) is 23.6 Å². The third-order valence-corrected chi connectivity index (χ3v) is 4.73. The smallest absolute Gasteiger partial charge is 0.301 e. The van der Waals surface area contributed by atoms with Crippen molar-refractivity contribution in [2.45, 2.75) is 30.6 Å². The van der Waals surface area contributed by atoms with E-state index in [9.17, 15) is 27.7 Å². The van der Waals surface area contributed by atoms with Crippen molar-refractivity contribution in [2.75, 3.05) is 13.3 Å². The van der Waals surface area contributed by atoms with Gasteiger partial charge in [-0.05, 0) is 13.0 Å². The molecule has 0 radical (unpaired) electrons. The Morgan fingerprint density at radius 1 is 1.50 bits per heavy atom. The number of aliphatic imine (C=N–C) groups is 1. The van der Waals surface area contributed by atoms with Crippen LogP contribution in [0, 0.1) is 21.8 Å². The predicted octanol–water partition coefficient (Wildman–Crippen LogP) is 2.28. The van der Waals surface area contributed by atoms with E-state index in [1.165, 1.54) is 6.92 Å². The number of ether oxygens (including phenoxy) is 2. The highest BCUT2D eigenvalue weighted by atomic mass is 19.3. The van der Waals surface area contributed by atoms with Crippen LogP contribution in [0.25, 0.3) is 0 Å². The zero-order valence-corrected chi connectivity index (χ0v) is 13.5. The fourth-order valence-electron chi connectivity index (χ4n) is 3.56. The molecule has 0 saturated carbocycles. The van der Waals surface area contributed by atoms with Crippen molar-refractivity contribution in [2.24, 2.45) is 16.6 Å². The molecule has 1 fully saturated rings. The fourth-order valence-corrected chi connectivity index (χ4v) is 3.56. The topological polar surface area (TPSA) is 100.0 Å². The lowest BCUT2D eigenvalue weighted by atomic mass is 9.73. The third kappa shape index (κ3) is 2.75. The van der Waals surface area contributed by atoms with E-state index in [0.29, 0.717) is 0 Å². The molecule has 2 N–H and O–H groups in total. The van der Waals surface area contributed by atoms with Crippen LogP contribution < -0.4 is 5.73 Å². The van der Waals surface area contributed by atoms with Crippen molar-refractivity contribution in [3.63, 3.8) is 0 Å². The van der Waals surface area contributed by atoms with Gasteiger partial charge in [-0.15, -0.1) is 0 Å². The molecule has 2 heterocycles. The molecule has 11 heteroatoms. The summed E-state index contributed by atoms with van der Waals surface area (Å²) >= 11 is 0. The Bertz CT molecular complexity index is 775. The molecule has 1 saturated heterocycles. The average molecular weight is 377 g/mol. The van der Waals surface area contributed by atoms with Crippen molar-refractivity contribution in [1.82, 2.24) is 0 Å². The normalized spacial score (nSPS) is 31.1. The van der Waals surface area contributed by atoms with Gasteiger partial charge in [0, 0.05) is 17.7 Å². The number of nitro groups is 1. The largest absolute Gasteiger partial charge is 0.459 e. The van der Waals surface area contributed by atoms with Gasteiger partial charge in [0.25, 0.3) is 11.7 Å². The molecule has 0 aliphatic carbocycles. The number of hydrogen-bond acceptors (Lipinski definition) is 6. The first kappa shape index (κ1) is 18.4. The van der Waals surface area contributed by atoms with Gasteiger partial charge in [0.05, 0.1) is 17.4 Å². The van der Waals surface area contributed by atoms with Gasteiger partial charge in [-0.1, -0.05) is 0 Å². The zero-order valence-electron chi connectivity index (χ0n) is 13.5. The van der Waals surface area contributed by atoms with Crippen molar-refractivity contribution in [1.29, 1.82) is 0 Å². The van der Waals surface area contributed by atoms with Crippen molar-refractivity contribution in [3.8, 4) is 0 Å². The van der Waals surface area contributed by atoms with Gasteiger partial charge in [-0.25, -0.2) is 22.6 Å². The highest BCUT2D eigenvalue weighted by molar-refractivity contribution is 5.73. The summed E-state index contributed by atoms with van der Waals surface area (Å²) in [5, 5.41) is 11.0. The van der Waals surface area contributed by atoms with Crippen molar-refractivity contribution >= 4 is 11.7 Å². The van der Waals surface area contributed by atoms with E-state index in [1.807, 2.05) is 0 Å². The number of rotatable bonds is 4. The molecule has 4 atom stereocenters. The number of alkyl halides is 3. The summed E-state index contributed by atoms with van der Waals surface area (Å²) in [6.45, 7) is -1.03. The standard InChI is InChI=1S/C15H15F4N3O4/c1-14(8-4-7(22(23)24)2-3-9(8)17)11-10(26-13(20)21-14)5-25-12(11)15(18,19)6-16/h2-4,10-12H,5-6H2,1H3,(H2,20,21)/t10-,11-,12-,14-/m1/s1. The summed E-state index contributed by atoms with van der Waals surface area (Å²) in [7, 11) is 0. The molecule has 1 aromatic rings. The molecule has 1 aromatic carbocycles. The van der Waals surface area contributed by atoms with E-state index in [4.69, 9.17) is 15.2 Å². The molecule has 2 aliphatic heterocycles. The van der Waals surface area contributed by atoms with E-state index >= 15 is 0 Å². The minimum absolute atomic E-state index is 0.321. The number of fused-ring (bicyclic) bond motifs is 1. The second-order valence-electron chi connectivity index (χ2n) is 6.35. The van der Waals surface area contributed by atoms with Crippen LogP contribution in [0.4, 0.5) is 23.2 Å². The maximum absolute atomic E-state index is 14.5. The molecule has 2 aliphatic rings. The fraction of sp³-hybridized carbons (Fsp3) is 0.533. The maximum atomic E-state index is 14.5. The molecule has 142 valence electrons. The van der Waals surface area contributed by atoms with Crippen LogP contribution in [-0.2, 0) is 15.0 Å². The second-order valence-corrected chi connectivity index (χ2v) is 6.35. The van der Waals surface area contributed by atoms with Crippen LogP contribution in [0.5, 0.6) is 0 Å². The SMILES string of the molecule is C[C@]1(c2cc([N+](=O)[O-])ccc2F)N=C(N)O[C@@H]2CO[C@@H](C(F)(F)CF)[C@@H]21. The van der Waals surface area contributed by atoms with Gasteiger partial charge in [-0.3, -0.25) is 10.1 Å². The van der Waals surface area contributed by atoms with E-state index in [-0.39, 0.29) is 12.2 Å². The first-order chi connectivity index (χ1) is 12.1. The van der Waals surface area contributed by atoms with E-state index in [1.54, 1.807) is 0 Å². The van der Waals surface area contributed by atoms with Crippen LogP contribution in [0.3, 0.4) is 0 Å². The Morgan fingerprint density at radius 3 is 2.81 bits per heavy atom. The lowest BCUT2D eigenvalue weighted by Crippen LogP contribution is -2.54. The summed E-state index contributed by atoms with van der Waals surface area (Å²) in [6.07, 6.45) is -2.99. The number of amidine groups is 1. The van der Waals surface area contributed by atoms with E-state index in [0.717, 1.165) is 18.2 Å². The quantitative estimate of drug-likeness (QED) is 0.493. The average Bonchev–Trinajstić information content (AvgIpc) is 3.00. The molecule has 0 unspecified atom stereocenters. The van der Waals surface area contributed by atoms with E-state index < -0.39 is 58.7 Å². The van der Waals surface area contributed by atoms with Crippen molar-refractivity contribution < 1.29 is 32.0 Å². The highest BCUT2D eigenvalue weighted by Gasteiger charge is 2.62. The summed E-state index contributed by atoms with van der Waals surface area (Å²) in [5.41, 5.74) is 3.05. The molecule has 7 nitrogen and oxygen atoms in total. The molecular formula is C15H15F4N3O4. The Hall–Kier alpha value is -2.43. The summed E-state index contributed by atoms with van der Waals surface area (Å²) in [5.74, 6) is -6.08. The van der Waals surface area contributed by atoms with Gasteiger partial charge >= 0.3 is 5.92 Å². The lowest BCUT2D eigenvalue weighted by molar-refractivity contribution is -0.385. The Morgan fingerprint density at radius 2 is 2.19 bits per heavy atom. The van der Waals surface area contributed by atoms with Crippen LogP contribution in [0.15, 0.2) is 23.2 Å². The number of non-ortho nitro benzene ring substituents is 1. The molecule has 0 bridgehead atoms. The molecular weight excluding hydrogens is 362 g/mol. The number of nitro benzene ring substituents is 1. The van der Waals surface area contributed by atoms with Gasteiger partial charge in [0.2, 0.25) is 0 Å². The van der Waals surface area contributed by atoms with Crippen molar-refractivity contribution in [3.05, 3.63) is 39.7 Å². The molecule has 0 amide bonds. The number of halogens is 4. The van der Waals surface area contributed by atoms with Gasteiger partial charge < -0.3 is 15.2 Å². The van der Waals surface area contributed by atoms with Crippen LogP contribution >= 0.6 is 0 Å². The number of benzene rings is 1. The predicted molar refractivity (Wildman–Crippen MR) is 81.1 cm³/mol. The second kappa shape index (κ2) is 6.08. The van der Waals surface area contributed by atoms with Crippen LogP contribution in [0.2, 0.25) is 0 Å². The Balaban J connectivity index is 2.17. The number of nitrogens with zero attached hydrogens (tertiary/aromatic N) is 2. The molecule has 26 heavy (non-hydrogen) atoms.